The molecule has 4 heteroatoms. The van der Waals surface area contributed by atoms with Crippen LogP contribution in [0.5, 0.6) is 0 Å². The van der Waals surface area contributed by atoms with Crippen molar-refractivity contribution in [3.8, 4) is 0 Å². The van der Waals surface area contributed by atoms with Crippen LogP contribution in [0.3, 0.4) is 0 Å². The van der Waals surface area contributed by atoms with Gasteiger partial charge in [-0.1, -0.05) is 37.6 Å². The summed E-state index contributed by atoms with van der Waals surface area (Å²) in [4.78, 5) is 2.68. The Labute approximate surface area is 141 Å². The Morgan fingerprint density at radius 2 is 1.90 bits per heavy atom. The topological polar surface area (TPSA) is 12.0 Å². The highest BCUT2D eigenvalue weighted by atomic mass is 35.5. The first kappa shape index (κ1) is 16.9. The molecule has 1 atom stereocenters. The Balaban J connectivity index is 2.10. The third-order valence-electron chi connectivity index (χ3n) is 3.27. The Bertz CT molecular complexity index is 536. The van der Waals surface area contributed by atoms with E-state index in [2.05, 4.69) is 49.5 Å². The van der Waals surface area contributed by atoms with Gasteiger partial charge in [-0.25, -0.2) is 0 Å². The van der Waals surface area contributed by atoms with Gasteiger partial charge in [0, 0.05) is 22.2 Å². The lowest BCUT2D eigenvalue weighted by atomic mass is 10.0. The molecule has 114 valence electrons. The van der Waals surface area contributed by atoms with Gasteiger partial charge in [0.05, 0.1) is 4.34 Å². The van der Waals surface area contributed by atoms with Crippen LogP contribution in [-0.4, -0.2) is 12.3 Å². The molecule has 1 unspecified atom stereocenters. The number of thiophene rings is 1. The first-order valence-electron chi connectivity index (χ1n) is 7.43. The molecule has 0 amide bonds. The van der Waals surface area contributed by atoms with Crippen molar-refractivity contribution in [2.45, 2.75) is 37.6 Å². The molecule has 0 aliphatic carbocycles. The maximum absolute atomic E-state index is 6.05. The van der Waals surface area contributed by atoms with Gasteiger partial charge in [0.25, 0.3) is 0 Å². The van der Waals surface area contributed by atoms with Crippen molar-refractivity contribution in [3.63, 3.8) is 0 Å². The Kier molecular flexibility index (Phi) is 7.11. The molecule has 1 aromatic carbocycles. The first-order valence-corrected chi connectivity index (χ1v) is 9.61. The molecule has 0 aliphatic heterocycles. The monoisotopic (exact) mass is 339 g/mol. The average Bonchev–Trinajstić information content (AvgIpc) is 2.90. The maximum atomic E-state index is 6.05. The van der Waals surface area contributed by atoms with E-state index >= 15 is 0 Å². The fourth-order valence-corrected chi connectivity index (χ4v) is 4.05. The fourth-order valence-electron chi connectivity index (χ4n) is 2.25. The van der Waals surface area contributed by atoms with E-state index in [-0.39, 0.29) is 0 Å². The smallest absolute Gasteiger partial charge is 0.0931 e. The molecule has 0 bridgehead atoms. The molecule has 2 aromatic rings. The molecule has 1 nitrogen and oxygen atoms in total. The Morgan fingerprint density at radius 1 is 1.14 bits per heavy atom. The lowest BCUT2D eigenvalue weighted by Crippen LogP contribution is -2.23. The lowest BCUT2D eigenvalue weighted by molar-refractivity contribution is 0.532. The van der Waals surface area contributed by atoms with Crippen molar-refractivity contribution in [1.29, 1.82) is 0 Å². The summed E-state index contributed by atoms with van der Waals surface area (Å²) in [6.45, 7) is 5.42. The van der Waals surface area contributed by atoms with Gasteiger partial charge in [0.2, 0.25) is 0 Å². The summed E-state index contributed by atoms with van der Waals surface area (Å²) in [6, 6.07) is 13.4. The van der Waals surface area contributed by atoms with E-state index in [4.69, 9.17) is 11.6 Å². The zero-order valence-electron chi connectivity index (χ0n) is 12.6. The van der Waals surface area contributed by atoms with E-state index < -0.39 is 0 Å². The molecule has 0 radical (unpaired) electrons. The second-order valence-corrected chi connectivity index (χ2v) is 8.06. The molecule has 0 spiro atoms. The average molecular weight is 340 g/mol. The Hall–Kier alpha value is -0.480. The van der Waals surface area contributed by atoms with Gasteiger partial charge in [0.1, 0.15) is 0 Å². The first-order chi connectivity index (χ1) is 10.2. The van der Waals surface area contributed by atoms with Crippen molar-refractivity contribution in [1.82, 2.24) is 5.32 Å². The molecule has 1 aromatic heterocycles. The van der Waals surface area contributed by atoms with E-state index in [0.29, 0.717) is 6.04 Å². The summed E-state index contributed by atoms with van der Waals surface area (Å²) in [6.07, 6.45) is 2.14. The van der Waals surface area contributed by atoms with Crippen LogP contribution in [0.1, 0.15) is 36.8 Å². The van der Waals surface area contributed by atoms with E-state index in [1.807, 2.05) is 17.8 Å². The number of nitrogens with one attached hydrogen (secondary N) is 1. The Morgan fingerprint density at radius 3 is 2.48 bits per heavy atom. The predicted octanol–water partition coefficient (Wildman–Crippen LogP) is 5.80. The molecule has 21 heavy (non-hydrogen) atoms. The van der Waals surface area contributed by atoms with Gasteiger partial charge in [-0.2, -0.15) is 0 Å². The molecule has 0 aliphatic rings. The molecule has 1 N–H and O–H groups in total. The zero-order valence-corrected chi connectivity index (χ0v) is 15.0. The van der Waals surface area contributed by atoms with Crippen LogP contribution in [0.25, 0.3) is 0 Å². The minimum Gasteiger partial charge on any atom is -0.310 e. The molecular weight excluding hydrogens is 318 g/mol. The van der Waals surface area contributed by atoms with Gasteiger partial charge in [-0.05, 0) is 48.5 Å². The minimum absolute atomic E-state index is 0.361. The van der Waals surface area contributed by atoms with Crippen molar-refractivity contribution >= 4 is 34.7 Å². The molecule has 1 heterocycles. The van der Waals surface area contributed by atoms with Gasteiger partial charge in [-0.3, -0.25) is 0 Å². The normalized spacial score (nSPS) is 12.5. The number of halogens is 1. The fraction of sp³-hybridized carbons (Fsp3) is 0.412. The summed E-state index contributed by atoms with van der Waals surface area (Å²) in [5.74, 6) is 1.12. The summed E-state index contributed by atoms with van der Waals surface area (Å²) in [7, 11) is 0. The van der Waals surface area contributed by atoms with Gasteiger partial charge in [0.15, 0.2) is 0 Å². The van der Waals surface area contributed by atoms with Crippen molar-refractivity contribution in [2.75, 3.05) is 12.3 Å². The summed E-state index contributed by atoms with van der Waals surface area (Å²) in [5, 5.41) is 3.65. The molecular formula is C17H22ClNS2. The summed E-state index contributed by atoms with van der Waals surface area (Å²) >= 11 is 9.61. The van der Waals surface area contributed by atoms with Crippen molar-refractivity contribution in [3.05, 3.63) is 51.2 Å². The van der Waals surface area contributed by atoms with Crippen LogP contribution in [-0.2, 0) is 6.42 Å². The number of hydrogen-bond acceptors (Lipinski definition) is 3. The summed E-state index contributed by atoms with van der Waals surface area (Å²) < 4.78 is 0.869. The van der Waals surface area contributed by atoms with Crippen molar-refractivity contribution in [2.24, 2.45) is 0 Å². The summed E-state index contributed by atoms with van der Waals surface area (Å²) in [5.41, 5.74) is 1.36. The van der Waals surface area contributed by atoms with Crippen LogP contribution in [0, 0.1) is 0 Å². The van der Waals surface area contributed by atoms with Crippen LogP contribution in [0.15, 0.2) is 41.3 Å². The number of hydrogen-bond donors (Lipinski definition) is 1. The van der Waals surface area contributed by atoms with Gasteiger partial charge in [-0.15, -0.1) is 23.1 Å². The van der Waals surface area contributed by atoms with Gasteiger partial charge >= 0.3 is 0 Å². The molecule has 0 saturated carbocycles. The van der Waals surface area contributed by atoms with E-state index in [9.17, 15) is 0 Å². The van der Waals surface area contributed by atoms with E-state index in [1.165, 1.54) is 15.3 Å². The molecule has 0 saturated heterocycles. The molecule has 2 rings (SSSR count). The highest BCUT2D eigenvalue weighted by Crippen LogP contribution is 2.28. The minimum atomic E-state index is 0.361. The quantitative estimate of drug-likeness (QED) is 0.610. The highest BCUT2D eigenvalue weighted by Gasteiger charge is 2.13. The highest BCUT2D eigenvalue weighted by molar-refractivity contribution is 7.99. The zero-order chi connectivity index (χ0) is 15.1. The van der Waals surface area contributed by atoms with E-state index in [1.54, 1.807) is 11.3 Å². The standard InChI is InChI=1S/C17H22ClNS2/c1-3-11-19-16(12-15-9-10-17(18)21-15)13-5-7-14(8-6-13)20-4-2/h5-10,16,19H,3-4,11-12H2,1-2H3. The second-order valence-electron chi connectivity index (χ2n) is 4.92. The van der Waals surface area contributed by atoms with Crippen LogP contribution < -0.4 is 5.32 Å². The molecule has 0 fully saturated rings. The van der Waals surface area contributed by atoms with Crippen LogP contribution in [0.4, 0.5) is 0 Å². The predicted molar refractivity (Wildman–Crippen MR) is 96.9 cm³/mol. The maximum Gasteiger partial charge on any atom is 0.0931 e. The SMILES string of the molecule is CCCNC(Cc1ccc(Cl)s1)c1ccc(SCC)cc1. The van der Waals surface area contributed by atoms with E-state index in [0.717, 1.165) is 29.5 Å². The third kappa shape index (κ3) is 5.33. The lowest BCUT2D eigenvalue weighted by Gasteiger charge is -2.18. The van der Waals surface area contributed by atoms with Crippen LogP contribution in [0.2, 0.25) is 4.34 Å². The number of thioether (sulfide) groups is 1. The van der Waals surface area contributed by atoms with Gasteiger partial charge < -0.3 is 5.32 Å². The largest absolute Gasteiger partial charge is 0.310 e. The second kappa shape index (κ2) is 8.84. The number of rotatable bonds is 8. The van der Waals surface area contributed by atoms with Crippen molar-refractivity contribution < 1.29 is 0 Å². The third-order valence-corrected chi connectivity index (χ3v) is 5.42. The van der Waals surface area contributed by atoms with Crippen LogP contribution >= 0.6 is 34.7 Å². The number of benzene rings is 1.